The van der Waals surface area contributed by atoms with Crippen molar-refractivity contribution in [2.24, 2.45) is 0 Å². The molecule has 1 aliphatic rings. The standard InChI is InChI=1S/C29H27ClO8/c1-19(31)35-29-26(38-28(33)22-15-9-4-10-16-22)25(37-27(32)21-13-7-3-8-14-21)24(30)23(36-29)18-34-17-20-11-5-2-6-12-20/h2-16,23-26,29H,17-18H2,1H3/t23-,24-,25+,26-,29+/m1/s1. The molecule has 3 aromatic rings. The Morgan fingerprint density at radius 2 is 1.24 bits per heavy atom. The van der Waals surface area contributed by atoms with Crippen LogP contribution in [0.1, 0.15) is 33.2 Å². The van der Waals surface area contributed by atoms with Crippen LogP contribution in [0.5, 0.6) is 0 Å². The van der Waals surface area contributed by atoms with Crippen molar-refractivity contribution in [2.45, 2.75) is 43.5 Å². The Hall–Kier alpha value is -3.72. The fraction of sp³-hybridized carbons (Fsp3) is 0.276. The third-order valence-corrected chi connectivity index (χ3v) is 6.28. The van der Waals surface area contributed by atoms with Crippen molar-refractivity contribution in [3.05, 3.63) is 108 Å². The van der Waals surface area contributed by atoms with Crippen molar-refractivity contribution in [3.63, 3.8) is 0 Å². The van der Waals surface area contributed by atoms with Gasteiger partial charge in [-0.3, -0.25) is 4.79 Å². The van der Waals surface area contributed by atoms with Crippen molar-refractivity contribution in [2.75, 3.05) is 6.61 Å². The zero-order valence-electron chi connectivity index (χ0n) is 20.6. The smallest absolute Gasteiger partial charge is 0.338 e. The fourth-order valence-electron chi connectivity index (χ4n) is 3.92. The Kier molecular flexibility index (Phi) is 9.48. The number of esters is 3. The second-order valence-corrected chi connectivity index (χ2v) is 9.07. The number of alkyl halides is 1. The third-order valence-electron chi connectivity index (χ3n) is 5.75. The third kappa shape index (κ3) is 7.19. The van der Waals surface area contributed by atoms with Crippen LogP contribution in [-0.2, 0) is 35.1 Å². The number of halogens is 1. The summed E-state index contributed by atoms with van der Waals surface area (Å²) in [6.45, 7) is 1.47. The summed E-state index contributed by atoms with van der Waals surface area (Å²) >= 11 is 6.77. The topological polar surface area (TPSA) is 97.4 Å². The Labute approximate surface area is 225 Å². The quantitative estimate of drug-likeness (QED) is 0.222. The van der Waals surface area contributed by atoms with E-state index in [0.29, 0.717) is 0 Å². The van der Waals surface area contributed by atoms with Crippen molar-refractivity contribution in [3.8, 4) is 0 Å². The van der Waals surface area contributed by atoms with Gasteiger partial charge in [0.2, 0.25) is 12.4 Å². The number of hydrogen-bond acceptors (Lipinski definition) is 8. The van der Waals surface area contributed by atoms with Gasteiger partial charge < -0.3 is 23.7 Å². The van der Waals surface area contributed by atoms with Gasteiger partial charge in [-0.1, -0.05) is 66.7 Å². The lowest BCUT2D eigenvalue weighted by molar-refractivity contribution is -0.261. The van der Waals surface area contributed by atoms with Gasteiger partial charge in [-0.2, -0.15) is 0 Å². The summed E-state index contributed by atoms with van der Waals surface area (Å²) in [4.78, 5) is 37.9. The molecule has 4 rings (SSSR count). The van der Waals surface area contributed by atoms with Crippen LogP contribution in [0.15, 0.2) is 91.0 Å². The molecule has 0 aromatic heterocycles. The molecular formula is C29H27ClO8. The van der Waals surface area contributed by atoms with Crippen LogP contribution in [0.25, 0.3) is 0 Å². The number of hydrogen-bond donors (Lipinski definition) is 0. The molecule has 9 heteroatoms. The van der Waals surface area contributed by atoms with Crippen LogP contribution in [0.4, 0.5) is 0 Å². The number of ether oxygens (including phenoxy) is 5. The Morgan fingerprint density at radius 1 is 0.737 bits per heavy atom. The molecule has 1 aliphatic heterocycles. The van der Waals surface area contributed by atoms with Gasteiger partial charge in [-0.25, -0.2) is 9.59 Å². The van der Waals surface area contributed by atoms with Crippen LogP contribution in [0.3, 0.4) is 0 Å². The molecule has 0 unspecified atom stereocenters. The van der Waals surface area contributed by atoms with Gasteiger partial charge in [-0.05, 0) is 29.8 Å². The fourth-order valence-corrected chi connectivity index (χ4v) is 4.24. The van der Waals surface area contributed by atoms with E-state index >= 15 is 0 Å². The first-order valence-electron chi connectivity index (χ1n) is 12.0. The molecule has 0 spiro atoms. The van der Waals surface area contributed by atoms with E-state index in [0.717, 1.165) is 5.56 Å². The van der Waals surface area contributed by atoms with E-state index in [1.807, 2.05) is 30.3 Å². The van der Waals surface area contributed by atoms with E-state index in [1.165, 1.54) is 6.92 Å². The van der Waals surface area contributed by atoms with Crippen molar-refractivity contribution >= 4 is 29.5 Å². The molecule has 0 bridgehead atoms. The Bertz CT molecular complexity index is 1210. The van der Waals surface area contributed by atoms with Crippen LogP contribution in [-0.4, -0.2) is 54.5 Å². The lowest BCUT2D eigenvalue weighted by Crippen LogP contribution is -2.60. The molecule has 0 N–H and O–H groups in total. The van der Waals surface area contributed by atoms with Crippen molar-refractivity contribution < 1.29 is 38.1 Å². The zero-order valence-corrected chi connectivity index (χ0v) is 21.4. The Morgan fingerprint density at radius 3 is 1.76 bits per heavy atom. The number of carbonyl (C=O) groups is 3. The SMILES string of the molecule is CC(=O)O[C@H]1O[C@H](COCc2ccccc2)[C@@H](Cl)[C@H](OC(=O)c2ccccc2)[C@H]1OC(=O)c1ccccc1. The maximum absolute atomic E-state index is 13.0. The molecule has 1 fully saturated rings. The van der Waals surface area contributed by atoms with E-state index in [9.17, 15) is 14.4 Å². The second kappa shape index (κ2) is 13.2. The van der Waals surface area contributed by atoms with Gasteiger partial charge in [0.1, 0.15) is 11.5 Å². The first-order valence-corrected chi connectivity index (χ1v) is 12.5. The van der Waals surface area contributed by atoms with Crippen LogP contribution in [0, 0.1) is 0 Å². The van der Waals surface area contributed by atoms with Crippen molar-refractivity contribution in [1.82, 2.24) is 0 Å². The monoisotopic (exact) mass is 538 g/mol. The summed E-state index contributed by atoms with van der Waals surface area (Å²) in [5.74, 6) is -2.09. The second-order valence-electron chi connectivity index (χ2n) is 8.57. The van der Waals surface area contributed by atoms with Gasteiger partial charge in [0, 0.05) is 6.92 Å². The number of benzene rings is 3. The van der Waals surface area contributed by atoms with E-state index in [2.05, 4.69) is 0 Å². The minimum absolute atomic E-state index is 0.000432. The lowest BCUT2D eigenvalue weighted by atomic mass is 10.0. The van der Waals surface area contributed by atoms with Gasteiger partial charge in [-0.15, -0.1) is 11.6 Å². The number of rotatable bonds is 9. The first-order chi connectivity index (χ1) is 18.4. The average Bonchev–Trinajstić information content (AvgIpc) is 2.94. The average molecular weight is 539 g/mol. The highest BCUT2D eigenvalue weighted by Crippen LogP contribution is 2.32. The summed E-state index contributed by atoms with van der Waals surface area (Å²) in [5, 5.41) is -1.00. The van der Waals surface area contributed by atoms with Crippen LogP contribution in [0.2, 0.25) is 0 Å². The molecule has 3 aromatic carbocycles. The minimum atomic E-state index is -1.39. The first kappa shape index (κ1) is 27.3. The maximum atomic E-state index is 13.0. The molecule has 38 heavy (non-hydrogen) atoms. The lowest BCUT2D eigenvalue weighted by Gasteiger charge is -2.42. The molecule has 0 radical (unpaired) electrons. The molecule has 1 heterocycles. The van der Waals surface area contributed by atoms with Crippen LogP contribution < -0.4 is 0 Å². The molecule has 0 amide bonds. The van der Waals surface area contributed by atoms with Gasteiger partial charge in [0.15, 0.2) is 6.10 Å². The highest BCUT2D eigenvalue weighted by atomic mass is 35.5. The molecule has 0 aliphatic carbocycles. The Balaban J connectivity index is 1.58. The van der Waals surface area contributed by atoms with E-state index < -0.39 is 47.9 Å². The molecular weight excluding hydrogens is 512 g/mol. The molecule has 5 atom stereocenters. The summed E-state index contributed by atoms with van der Waals surface area (Å²) in [7, 11) is 0. The van der Waals surface area contributed by atoms with Crippen LogP contribution >= 0.6 is 11.6 Å². The molecule has 198 valence electrons. The minimum Gasteiger partial charge on any atom is -0.453 e. The maximum Gasteiger partial charge on any atom is 0.338 e. The molecule has 1 saturated heterocycles. The van der Waals surface area contributed by atoms with Gasteiger partial charge in [0.25, 0.3) is 0 Å². The predicted octanol–water partition coefficient (Wildman–Crippen LogP) is 4.55. The highest BCUT2D eigenvalue weighted by molar-refractivity contribution is 6.21. The van der Waals surface area contributed by atoms with E-state index in [4.69, 9.17) is 35.3 Å². The van der Waals surface area contributed by atoms with E-state index in [1.54, 1.807) is 60.7 Å². The largest absolute Gasteiger partial charge is 0.453 e. The molecule has 8 nitrogen and oxygen atoms in total. The predicted molar refractivity (Wildman–Crippen MR) is 137 cm³/mol. The van der Waals surface area contributed by atoms with Gasteiger partial charge in [0.05, 0.1) is 24.3 Å². The highest BCUT2D eigenvalue weighted by Gasteiger charge is 2.51. The summed E-state index contributed by atoms with van der Waals surface area (Å²) in [6.07, 6.45) is -4.81. The van der Waals surface area contributed by atoms with E-state index in [-0.39, 0.29) is 24.3 Å². The summed E-state index contributed by atoms with van der Waals surface area (Å²) in [5.41, 5.74) is 1.46. The zero-order chi connectivity index (χ0) is 26.9. The number of carbonyl (C=O) groups excluding carboxylic acids is 3. The van der Waals surface area contributed by atoms with Gasteiger partial charge >= 0.3 is 17.9 Å². The normalized spacial score (nSPS) is 22.7. The summed E-state index contributed by atoms with van der Waals surface area (Å²) in [6, 6.07) is 26.0. The molecule has 0 saturated carbocycles. The van der Waals surface area contributed by atoms with Crippen molar-refractivity contribution in [1.29, 1.82) is 0 Å². The summed E-state index contributed by atoms with van der Waals surface area (Å²) < 4.78 is 28.6.